The van der Waals surface area contributed by atoms with Gasteiger partial charge in [0, 0.05) is 0 Å². The Hall–Kier alpha value is -1.49. The van der Waals surface area contributed by atoms with E-state index in [1.54, 1.807) is 7.11 Å². The number of methoxy groups -OCH3 is 1. The maximum Gasteiger partial charge on any atom is 0.201 e. The minimum atomic E-state index is 0.319. The molecule has 0 aliphatic heterocycles. The normalized spacial score (nSPS) is 10.5. The minimum absolute atomic E-state index is 0.319. The van der Waals surface area contributed by atoms with E-state index in [9.17, 15) is 0 Å². The Balaban J connectivity index is 2.95. The lowest BCUT2D eigenvalue weighted by Crippen LogP contribution is -2.21. The Morgan fingerprint density at radius 1 is 1.54 bits per heavy atom. The smallest absolute Gasteiger partial charge is 0.201 e. The summed E-state index contributed by atoms with van der Waals surface area (Å²) in [4.78, 5) is 0.319. The van der Waals surface area contributed by atoms with Gasteiger partial charge in [0.05, 0.1) is 11.8 Å². The van der Waals surface area contributed by atoms with Crippen molar-refractivity contribution in [3.63, 3.8) is 0 Å². The molecule has 1 heterocycles. The summed E-state index contributed by atoms with van der Waals surface area (Å²) in [7, 11) is 1.59. The van der Waals surface area contributed by atoms with Crippen molar-refractivity contribution in [2.45, 2.75) is 0 Å². The Morgan fingerprint density at radius 3 is 3.00 bits per heavy atom. The fourth-order valence-electron chi connectivity index (χ4n) is 1.24. The van der Waals surface area contributed by atoms with Crippen LogP contribution in [0.25, 0.3) is 10.2 Å². The van der Waals surface area contributed by atoms with Crippen molar-refractivity contribution < 1.29 is 4.74 Å². The van der Waals surface area contributed by atoms with Crippen LogP contribution in [0.2, 0.25) is 0 Å². The van der Waals surface area contributed by atoms with E-state index in [0.29, 0.717) is 10.6 Å². The fraction of sp³-hybridized carbons (Fsp3) is 0.125. The number of hydrogen-bond acceptors (Lipinski definition) is 4. The highest BCUT2D eigenvalue weighted by Crippen LogP contribution is 2.25. The average molecular weight is 195 g/mol. The number of aromatic nitrogens is 1. The van der Waals surface area contributed by atoms with Crippen LogP contribution in [-0.2, 0) is 0 Å². The number of hydrogen-bond donors (Lipinski definition) is 2. The highest BCUT2D eigenvalue weighted by molar-refractivity contribution is 7.16. The summed E-state index contributed by atoms with van der Waals surface area (Å²) in [5.41, 5.74) is 0.778. The Kier molecular flexibility index (Phi) is 1.73. The molecule has 1 aromatic carbocycles. The monoisotopic (exact) mass is 195 g/mol. The number of benzene rings is 1. The van der Waals surface area contributed by atoms with Gasteiger partial charge in [-0.1, -0.05) is 17.4 Å². The number of para-hydroxylation sites is 1. The number of nitrogens with two attached hydrogens (primary N) is 1. The molecular formula is C8H9N3OS. The SMILES string of the molecule is COc1cccc2sc(=N)n(N)c12. The van der Waals surface area contributed by atoms with Crippen molar-refractivity contribution in [1.82, 2.24) is 4.68 Å². The third-order valence-electron chi connectivity index (χ3n) is 1.85. The van der Waals surface area contributed by atoms with E-state index >= 15 is 0 Å². The molecule has 3 N–H and O–H groups in total. The van der Waals surface area contributed by atoms with Gasteiger partial charge in [-0.05, 0) is 12.1 Å². The molecule has 0 aliphatic carbocycles. The molecule has 5 heteroatoms. The van der Waals surface area contributed by atoms with Gasteiger partial charge < -0.3 is 10.6 Å². The van der Waals surface area contributed by atoms with Gasteiger partial charge in [-0.2, -0.15) is 0 Å². The first-order valence-electron chi connectivity index (χ1n) is 3.72. The van der Waals surface area contributed by atoms with Crippen LogP contribution in [-0.4, -0.2) is 11.8 Å². The molecule has 1 aromatic heterocycles. The first-order valence-corrected chi connectivity index (χ1v) is 4.54. The van der Waals surface area contributed by atoms with Crippen molar-refractivity contribution in [3.8, 4) is 5.75 Å². The Bertz CT molecular complexity index is 500. The van der Waals surface area contributed by atoms with Crippen LogP contribution in [0, 0.1) is 5.41 Å². The molecule has 13 heavy (non-hydrogen) atoms. The molecule has 0 bridgehead atoms. The summed E-state index contributed by atoms with van der Waals surface area (Å²) in [6.45, 7) is 0. The van der Waals surface area contributed by atoms with Crippen LogP contribution in [0.3, 0.4) is 0 Å². The molecule has 2 aromatic rings. The lowest BCUT2D eigenvalue weighted by molar-refractivity contribution is 0.418. The van der Waals surface area contributed by atoms with Crippen LogP contribution in [0.5, 0.6) is 5.75 Å². The molecule has 68 valence electrons. The number of nitrogens with one attached hydrogen (secondary N) is 1. The van der Waals surface area contributed by atoms with E-state index < -0.39 is 0 Å². The molecule has 0 saturated carbocycles. The predicted octanol–water partition coefficient (Wildman–Crippen LogP) is 0.905. The molecule has 0 radical (unpaired) electrons. The molecule has 0 saturated heterocycles. The molecule has 4 nitrogen and oxygen atoms in total. The number of ether oxygens (including phenoxy) is 1. The van der Waals surface area contributed by atoms with Crippen molar-refractivity contribution in [1.29, 1.82) is 5.41 Å². The molecular weight excluding hydrogens is 186 g/mol. The van der Waals surface area contributed by atoms with E-state index in [4.69, 9.17) is 16.0 Å². The maximum absolute atomic E-state index is 7.52. The summed E-state index contributed by atoms with van der Waals surface area (Å²) in [6, 6.07) is 5.64. The molecule has 2 rings (SSSR count). The van der Waals surface area contributed by atoms with Crippen LogP contribution in [0.4, 0.5) is 0 Å². The number of nitrogen functional groups attached to an aromatic ring is 1. The van der Waals surface area contributed by atoms with Gasteiger partial charge in [-0.15, -0.1) is 0 Å². The molecule has 0 aliphatic rings. The van der Waals surface area contributed by atoms with Crippen molar-refractivity contribution in [2.75, 3.05) is 13.0 Å². The largest absolute Gasteiger partial charge is 0.494 e. The van der Waals surface area contributed by atoms with Gasteiger partial charge in [0.2, 0.25) is 4.80 Å². The van der Waals surface area contributed by atoms with E-state index in [0.717, 1.165) is 10.2 Å². The summed E-state index contributed by atoms with van der Waals surface area (Å²) in [5, 5.41) is 7.52. The third-order valence-corrected chi connectivity index (χ3v) is 2.79. The predicted molar refractivity (Wildman–Crippen MR) is 52.4 cm³/mol. The number of fused-ring (bicyclic) bond motifs is 1. The van der Waals surface area contributed by atoms with Crippen LogP contribution < -0.4 is 15.4 Å². The zero-order valence-corrected chi connectivity index (χ0v) is 7.89. The highest BCUT2D eigenvalue weighted by Gasteiger charge is 2.07. The zero-order valence-electron chi connectivity index (χ0n) is 7.07. The number of thiazole rings is 1. The van der Waals surface area contributed by atoms with E-state index in [1.165, 1.54) is 16.0 Å². The summed E-state index contributed by atoms with van der Waals surface area (Å²) < 4.78 is 7.44. The lowest BCUT2D eigenvalue weighted by atomic mass is 10.3. The van der Waals surface area contributed by atoms with Crippen molar-refractivity contribution >= 4 is 21.6 Å². The van der Waals surface area contributed by atoms with Crippen LogP contribution in [0.1, 0.15) is 0 Å². The lowest BCUT2D eigenvalue weighted by Gasteiger charge is -2.02. The molecule has 0 unspecified atom stereocenters. The third kappa shape index (κ3) is 1.08. The van der Waals surface area contributed by atoms with Gasteiger partial charge in [0.1, 0.15) is 11.3 Å². The molecule has 0 fully saturated rings. The fourth-order valence-corrected chi connectivity index (χ4v) is 2.08. The van der Waals surface area contributed by atoms with Crippen LogP contribution in [0.15, 0.2) is 18.2 Å². The first kappa shape index (κ1) is 8.12. The summed E-state index contributed by atoms with van der Waals surface area (Å²) in [6.07, 6.45) is 0. The van der Waals surface area contributed by atoms with Crippen LogP contribution >= 0.6 is 11.3 Å². The highest BCUT2D eigenvalue weighted by atomic mass is 32.1. The van der Waals surface area contributed by atoms with Gasteiger partial charge in [0.25, 0.3) is 0 Å². The average Bonchev–Trinajstić information content (AvgIpc) is 2.43. The maximum atomic E-state index is 7.52. The number of rotatable bonds is 1. The van der Waals surface area contributed by atoms with Crippen molar-refractivity contribution in [3.05, 3.63) is 23.0 Å². The van der Waals surface area contributed by atoms with Gasteiger partial charge in [-0.25, -0.2) is 4.68 Å². The second-order valence-corrected chi connectivity index (χ2v) is 3.61. The standard InChI is InChI=1S/C8H9N3OS/c1-12-5-3-2-4-6-7(5)11(10)8(9)13-6/h2-4,9H,10H2,1H3. The minimum Gasteiger partial charge on any atom is -0.494 e. The molecule has 0 amide bonds. The quantitative estimate of drug-likeness (QED) is 0.664. The van der Waals surface area contributed by atoms with E-state index in [2.05, 4.69) is 0 Å². The van der Waals surface area contributed by atoms with Gasteiger partial charge in [0.15, 0.2) is 0 Å². The van der Waals surface area contributed by atoms with Gasteiger partial charge >= 0.3 is 0 Å². The second-order valence-electron chi connectivity index (χ2n) is 2.58. The summed E-state index contributed by atoms with van der Waals surface area (Å²) >= 11 is 1.33. The van der Waals surface area contributed by atoms with Gasteiger partial charge in [-0.3, -0.25) is 5.41 Å². The topological polar surface area (TPSA) is 64.0 Å². The zero-order chi connectivity index (χ0) is 9.42. The summed E-state index contributed by atoms with van der Waals surface area (Å²) in [5.74, 6) is 6.38. The van der Waals surface area contributed by atoms with E-state index in [-0.39, 0.29) is 0 Å². The Morgan fingerprint density at radius 2 is 2.31 bits per heavy atom. The molecule has 0 atom stereocenters. The Labute approximate surface area is 78.7 Å². The number of nitrogens with zero attached hydrogens (tertiary/aromatic N) is 1. The second kappa shape index (κ2) is 2.77. The molecule has 0 spiro atoms. The first-order chi connectivity index (χ1) is 6.24. The van der Waals surface area contributed by atoms with Crippen molar-refractivity contribution in [2.24, 2.45) is 0 Å². The van der Waals surface area contributed by atoms with E-state index in [1.807, 2.05) is 18.2 Å².